The van der Waals surface area contributed by atoms with E-state index in [1.807, 2.05) is 4.90 Å². The van der Waals surface area contributed by atoms with E-state index in [-0.39, 0.29) is 24.0 Å². The lowest BCUT2D eigenvalue weighted by molar-refractivity contribution is -0.137. The number of aliphatic imine (C=N–C) groups is 1. The van der Waals surface area contributed by atoms with E-state index in [1.165, 1.54) is 34.6 Å². The minimum atomic E-state index is -4.43. The summed E-state index contributed by atoms with van der Waals surface area (Å²) >= 11 is 0. The minimum Gasteiger partial charge on any atom is -0.487 e. The SMILES string of the molecule is O=S1C=C(COc2ccc(-n3cnnn3)c(F)c2)N=C1C1CCN(c2ccc(C(F)(F)F)cn2)CC1. The number of hydrogen-bond acceptors (Lipinski definition) is 8. The Morgan fingerprint density at radius 2 is 1.94 bits per heavy atom. The van der Waals surface area contributed by atoms with Crippen LogP contribution in [-0.2, 0) is 17.0 Å². The molecular formula is C22H19F4N7O2S. The van der Waals surface area contributed by atoms with Crippen LogP contribution in [-0.4, -0.2) is 54.1 Å². The number of halogens is 4. The zero-order valence-corrected chi connectivity index (χ0v) is 19.4. The van der Waals surface area contributed by atoms with E-state index in [2.05, 4.69) is 25.5 Å². The predicted octanol–water partition coefficient (Wildman–Crippen LogP) is 3.51. The van der Waals surface area contributed by atoms with E-state index in [9.17, 15) is 21.8 Å². The summed E-state index contributed by atoms with van der Waals surface area (Å²) in [4.78, 5) is 10.3. The van der Waals surface area contributed by atoms with Gasteiger partial charge in [0.15, 0.2) is 5.82 Å². The first-order chi connectivity index (χ1) is 17.3. The number of piperidine rings is 1. The van der Waals surface area contributed by atoms with Crippen LogP contribution in [0.4, 0.5) is 23.4 Å². The van der Waals surface area contributed by atoms with Crippen LogP contribution in [0.1, 0.15) is 18.4 Å². The van der Waals surface area contributed by atoms with E-state index >= 15 is 0 Å². The second-order valence-electron chi connectivity index (χ2n) is 8.18. The van der Waals surface area contributed by atoms with Crippen LogP contribution in [0.15, 0.2) is 59.0 Å². The normalized spacial score (nSPS) is 18.8. The maximum atomic E-state index is 14.4. The second kappa shape index (κ2) is 9.76. The lowest BCUT2D eigenvalue weighted by Gasteiger charge is -2.32. The molecule has 1 atom stereocenters. The molecule has 0 radical (unpaired) electrons. The van der Waals surface area contributed by atoms with Gasteiger partial charge in [-0.2, -0.15) is 17.9 Å². The van der Waals surface area contributed by atoms with Gasteiger partial charge in [-0.1, -0.05) is 0 Å². The smallest absolute Gasteiger partial charge is 0.417 e. The number of rotatable bonds is 6. The van der Waals surface area contributed by atoms with Gasteiger partial charge in [0.25, 0.3) is 0 Å². The fraction of sp³-hybridized carbons (Fsp3) is 0.318. The van der Waals surface area contributed by atoms with Crippen molar-refractivity contribution in [3.8, 4) is 11.4 Å². The van der Waals surface area contributed by atoms with E-state index in [0.29, 0.717) is 42.5 Å². The van der Waals surface area contributed by atoms with Crippen LogP contribution >= 0.6 is 0 Å². The molecule has 2 aromatic heterocycles. The van der Waals surface area contributed by atoms with Crippen molar-refractivity contribution in [1.29, 1.82) is 0 Å². The van der Waals surface area contributed by atoms with Crippen molar-refractivity contribution < 1.29 is 26.5 Å². The van der Waals surface area contributed by atoms with Crippen molar-refractivity contribution in [3.63, 3.8) is 0 Å². The van der Waals surface area contributed by atoms with Gasteiger partial charge in [-0.25, -0.2) is 18.6 Å². The second-order valence-corrected chi connectivity index (χ2v) is 9.43. The molecule has 0 spiro atoms. The number of hydrogen-bond donors (Lipinski definition) is 0. The Morgan fingerprint density at radius 1 is 1.14 bits per heavy atom. The fourth-order valence-corrected chi connectivity index (χ4v) is 5.27. The van der Waals surface area contributed by atoms with Crippen LogP contribution in [0.3, 0.4) is 0 Å². The van der Waals surface area contributed by atoms with Crippen LogP contribution in [0.5, 0.6) is 5.75 Å². The Morgan fingerprint density at radius 3 is 2.58 bits per heavy atom. The highest BCUT2D eigenvalue weighted by Crippen LogP contribution is 2.31. The summed E-state index contributed by atoms with van der Waals surface area (Å²) in [5.41, 5.74) is -0.129. The summed E-state index contributed by atoms with van der Waals surface area (Å²) in [5.74, 6) is 0.152. The van der Waals surface area contributed by atoms with Gasteiger partial charge in [-0.05, 0) is 47.5 Å². The van der Waals surface area contributed by atoms with E-state index < -0.39 is 28.4 Å². The van der Waals surface area contributed by atoms with Crippen molar-refractivity contribution in [2.24, 2.45) is 10.9 Å². The molecule has 4 heterocycles. The van der Waals surface area contributed by atoms with E-state index in [0.717, 1.165) is 12.3 Å². The number of alkyl halides is 3. The summed E-state index contributed by atoms with van der Waals surface area (Å²) in [7, 11) is -1.39. The van der Waals surface area contributed by atoms with Crippen LogP contribution < -0.4 is 9.64 Å². The average molecular weight is 522 g/mol. The monoisotopic (exact) mass is 521 g/mol. The molecule has 14 heteroatoms. The average Bonchev–Trinajstić information content (AvgIpc) is 3.52. The van der Waals surface area contributed by atoms with Crippen LogP contribution in [0.2, 0.25) is 0 Å². The summed E-state index contributed by atoms with van der Waals surface area (Å²) in [6, 6.07) is 6.65. The Bertz CT molecular complexity index is 1320. The van der Waals surface area contributed by atoms with E-state index in [4.69, 9.17) is 4.74 Å². The summed E-state index contributed by atoms with van der Waals surface area (Å²) in [6.07, 6.45) is -1.04. The fourth-order valence-electron chi connectivity index (χ4n) is 4.01. The maximum absolute atomic E-state index is 14.4. The Hall–Kier alpha value is -3.68. The van der Waals surface area contributed by atoms with Gasteiger partial charge >= 0.3 is 6.18 Å². The highest BCUT2D eigenvalue weighted by atomic mass is 32.2. The number of aromatic nitrogens is 5. The molecular weight excluding hydrogens is 502 g/mol. The van der Waals surface area contributed by atoms with Crippen molar-refractivity contribution in [2.75, 3.05) is 24.6 Å². The number of benzene rings is 1. The molecule has 1 fully saturated rings. The highest BCUT2D eigenvalue weighted by molar-refractivity contribution is 8.03. The Balaban J connectivity index is 1.16. The molecule has 2 aliphatic rings. The Kier molecular flexibility index (Phi) is 6.51. The summed E-state index contributed by atoms with van der Waals surface area (Å²) in [6.45, 7) is 1.13. The van der Waals surface area contributed by atoms with Gasteiger partial charge in [-0.15, -0.1) is 5.10 Å². The largest absolute Gasteiger partial charge is 0.487 e. The van der Waals surface area contributed by atoms with Crippen molar-refractivity contribution in [3.05, 3.63) is 65.3 Å². The number of ether oxygens (including phenoxy) is 1. The molecule has 1 saturated heterocycles. The molecule has 1 aromatic carbocycles. The van der Waals surface area contributed by atoms with Crippen LogP contribution in [0, 0.1) is 11.7 Å². The molecule has 5 rings (SSSR count). The highest BCUT2D eigenvalue weighted by Gasteiger charge is 2.32. The summed E-state index contributed by atoms with van der Waals surface area (Å²) in [5, 5.41) is 12.7. The predicted molar refractivity (Wildman–Crippen MR) is 122 cm³/mol. The van der Waals surface area contributed by atoms with Gasteiger partial charge in [-0.3, -0.25) is 0 Å². The number of anilines is 1. The number of tetrazole rings is 1. The third kappa shape index (κ3) is 5.12. The van der Waals surface area contributed by atoms with Gasteiger partial charge in [0, 0.05) is 36.7 Å². The van der Waals surface area contributed by atoms with Crippen LogP contribution in [0.25, 0.3) is 5.69 Å². The topological polar surface area (TPSA) is 98.4 Å². The quantitative estimate of drug-likeness (QED) is 0.458. The molecule has 0 aliphatic carbocycles. The molecule has 0 amide bonds. The van der Waals surface area contributed by atoms with Crippen molar-refractivity contribution in [2.45, 2.75) is 19.0 Å². The minimum absolute atomic E-state index is 0.0211. The molecule has 36 heavy (non-hydrogen) atoms. The lowest BCUT2D eigenvalue weighted by Crippen LogP contribution is -2.37. The molecule has 0 N–H and O–H groups in total. The number of pyridine rings is 1. The molecule has 0 saturated carbocycles. The Labute approximate surface area is 205 Å². The molecule has 2 aliphatic heterocycles. The van der Waals surface area contributed by atoms with Gasteiger partial charge in [0.2, 0.25) is 0 Å². The van der Waals surface area contributed by atoms with E-state index in [1.54, 1.807) is 6.07 Å². The maximum Gasteiger partial charge on any atom is 0.417 e. The van der Waals surface area contributed by atoms with Gasteiger partial charge in [0.05, 0.1) is 22.1 Å². The zero-order valence-electron chi connectivity index (χ0n) is 18.6. The first kappa shape index (κ1) is 24.0. The summed E-state index contributed by atoms with van der Waals surface area (Å²) < 4.78 is 72.1. The first-order valence-corrected chi connectivity index (χ1v) is 12.1. The third-order valence-corrected chi connectivity index (χ3v) is 7.17. The molecule has 9 nitrogen and oxygen atoms in total. The van der Waals surface area contributed by atoms with Crippen molar-refractivity contribution in [1.82, 2.24) is 25.2 Å². The molecule has 188 valence electrons. The van der Waals surface area contributed by atoms with Crippen molar-refractivity contribution >= 4 is 21.7 Å². The molecule has 3 aromatic rings. The third-order valence-electron chi connectivity index (χ3n) is 5.85. The first-order valence-electron chi connectivity index (χ1n) is 10.9. The zero-order chi connectivity index (χ0) is 25.3. The molecule has 0 bridgehead atoms. The standard InChI is InChI=1S/C22H19F4N7O2S/c23-18-9-17(2-3-19(18)33-13-28-30-31-33)35-11-16-12-36(34)21(29-16)14-5-7-32(8-6-14)20-4-1-15(10-27-20)22(24,25)26/h1-4,9-10,12-14H,5-8,11H2. The van der Waals surface area contributed by atoms with Gasteiger partial charge in [0.1, 0.15) is 35.2 Å². The lowest BCUT2D eigenvalue weighted by atomic mass is 9.98. The number of nitrogens with zero attached hydrogens (tertiary/aromatic N) is 7. The molecule has 1 unspecified atom stereocenters. The van der Waals surface area contributed by atoms with Gasteiger partial charge < -0.3 is 9.64 Å².